The first kappa shape index (κ1) is 18.5. The second-order valence-corrected chi connectivity index (χ2v) is 10.6. The Hall–Kier alpha value is -0.540. The van der Waals surface area contributed by atoms with Gasteiger partial charge in [0.15, 0.2) is 0 Å². The van der Waals surface area contributed by atoms with E-state index in [0.717, 1.165) is 0 Å². The number of hydrogen-bond acceptors (Lipinski definition) is 7. The maximum absolute atomic E-state index is 11.9. The van der Waals surface area contributed by atoms with Gasteiger partial charge < -0.3 is 0 Å². The number of oxime groups is 1. The Bertz CT molecular complexity index is 460. The summed E-state index contributed by atoms with van der Waals surface area (Å²) in [6, 6.07) is 0. The van der Waals surface area contributed by atoms with Gasteiger partial charge in [-0.25, -0.2) is 9.10 Å². The van der Waals surface area contributed by atoms with Crippen LogP contribution in [0.25, 0.3) is 0 Å². The second-order valence-electron chi connectivity index (χ2n) is 5.98. The fraction of sp³-hybridized carbons (Fsp3) is 0.750. The smallest absolute Gasteiger partial charge is 0.295 e. The van der Waals surface area contributed by atoms with Crippen molar-refractivity contribution in [2.24, 2.45) is 5.16 Å². The van der Waals surface area contributed by atoms with Crippen LogP contribution in [0.15, 0.2) is 5.16 Å². The topological polar surface area (TPSA) is 62.2 Å². The van der Waals surface area contributed by atoms with Crippen LogP contribution >= 0.6 is 33.5 Å². The third-order valence-corrected chi connectivity index (χ3v) is 6.87. The molecule has 21 heavy (non-hydrogen) atoms. The molecule has 0 radical (unpaired) electrons. The quantitative estimate of drug-likeness (QED) is 0.336. The molecular formula is C12H21N3O3S3. The molecule has 1 fully saturated rings. The van der Waals surface area contributed by atoms with Crippen LogP contribution in [0, 0.1) is 0 Å². The molecule has 1 aliphatic heterocycles. The van der Waals surface area contributed by atoms with E-state index in [9.17, 15) is 9.59 Å². The van der Waals surface area contributed by atoms with Crippen molar-refractivity contribution < 1.29 is 14.4 Å². The predicted molar refractivity (Wildman–Crippen MR) is 91.1 cm³/mol. The maximum Gasteiger partial charge on any atom is 0.446 e. The molecule has 0 saturated carbocycles. The van der Waals surface area contributed by atoms with Crippen LogP contribution < -0.4 is 0 Å². The number of carbonyl (C=O) groups is 2. The molecule has 6 nitrogen and oxygen atoms in total. The van der Waals surface area contributed by atoms with Crippen LogP contribution in [-0.4, -0.2) is 50.0 Å². The van der Waals surface area contributed by atoms with E-state index in [1.165, 1.54) is 31.9 Å². The van der Waals surface area contributed by atoms with Gasteiger partial charge in [-0.15, -0.1) is 0 Å². The lowest BCUT2D eigenvalue weighted by Crippen LogP contribution is -2.33. The van der Waals surface area contributed by atoms with E-state index in [1.54, 1.807) is 24.9 Å². The van der Waals surface area contributed by atoms with Gasteiger partial charge in [0.2, 0.25) is 11.1 Å². The average molecular weight is 352 g/mol. The summed E-state index contributed by atoms with van der Waals surface area (Å²) in [5, 5.41) is 4.18. The van der Waals surface area contributed by atoms with E-state index in [4.69, 9.17) is 4.84 Å². The first-order chi connectivity index (χ1) is 9.44. The normalized spacial score (nSPS) is 20.0. The monoisotopic (exact) mass is 351 g/mol. The van der Waals surface area contributed by atoms with E-state index in [2.05, 4.69) is 25.9 Å². The van der Waals surface area contributed by atoms with Crippen LogP contribution in [0.1, 0.15) is 34.6 Å². The zero-order chi connectivity index (χ0) is 16.4. The van der Waals surface area contributed by atoms with Crippen LogP contribution in [0.4, 0.5) is 4.79 Å². The highest BCUT2D eigenvalue weighted by molar-refractivity contribution is 8.76. The highest BCUT2D eigenvalue weighted by atomic mass is 33.1. The molecule has 0 aliphatic carbocycles. The third-order valence-electron chi connectivity index (χ3n) is 2.31. The van der Waals surface area contributed by atoms with Gasteiger partial charge >= 0.3 is 6.09 Å². The summed E-state index contributed by atoms with van der Waals surface area (Å²) < 4.78 is 0.818. The Balaban J connectivity index is 2.56. The Morgan fingerprint density at radius 2 is 2.00 bits per heavy atom. The molecule has 0 atom stereocenters. The molecule has 9 heteroatoms. The summed E-state index contributed by atoms with van der Waals surface area (Å²) in [5.74, 6) is -0.0617. The van der Waals surface area contributed by atoms with Crippen molar-refractivity contribution in [2.45, 2.75) is 44.1 Å². The predicted octanol–water partition coefficient (Wildman–Crippen LogP) is 3.40. The number of hydrogen-bond donors (Lipinski definition) is 0. The Morgan fingerprint density at radius 1 is 1.43 bits per heavy atom. The third kappa shape index (κ3) is 5.30. The molecular weight excluding hydrogens is 330 g/mol. The number of thioether (sulfide) groups is 1. The van der Waals surface area contributed by atoms with Crippen molar-refractivity contribution in [3.63, 3.8) is 0 Å². The lowest BCUT2D eigenvalue weighted by atomic mass is 10.2. The summed E-state index contributed by atoms with van der Waals surface area (Å²) in [7, 11) is 6.08. The zero-order valence-corrected chi connectivity index (χ0v) is 15.7. The highest BCUT2D eigenvalue weighted by Gasteiger charge is 2.43. The van der Waals surface area contributed by atoms with Crippen LogP contribution in [0.5, 0.6) is 0 Å². The standard InChI is InChI=1S/C12H21N3O3S3/c1-11(2,3)20-21-15(7)10(17)18-13-9-14(6)8(16)12(4,5)19-9/h1-7H3. The number of amidine groups is 1. The Morgan fingerprint density at radius 3 is 2.43 bits per heavy atom. The lowest BCUT2D eigenvalue weighted by Gasteiger charge is -2.20. The van der Waals surface area contributed by atoms with E-state index in [-0.39, 0.29) is 10.7 Å². The molecule has 0 unspecified atom stereocenters. The molecule has 2 amide bonds. The fourth-order valence-electron chi connectivity index (χ4n) is 1.24. The summed E-state index contributed by atoms with van der Waals surface area (Å²) >= 11 is 1.27. The number of carbonyl (C=O) groups excluding carboxylic acids is 2. The Labute approximate surface area is 137 Å². The molecule has 1 rings (SSSR count). The van der Waals surface area contributed by atoms with Gasteiger partial charge in [0.1, 0.15) is 0 Å². The average Bonchev–Trinajstić information content (AvgIpc) is 2.55. The van der Waals surface area contributed by atoms with Gasteiger partial charge in [0, 0.05) is 29.8 Å². The van der Waals surface area contributed by atoms with Crippen LogP contribution in [0.2, 0.25) is 0 Å². The second kappa shape index (κ2) is 6.70. The molecule has 1 saturated heterocycles. The SMILES string of the molecule is CN(SSC(C)(C)C)C(=O)ON=C1SC(C)(C)C(=O)N1C. The van der Waals surface area contributed by atoms with E-state index in [1.807, 2.05) is 13.8 Å². The van der Waals surface area contributed by atoms with Crippen LogP contribution in [0.3, 0.4) is 0 Å². The minimum atomic E-state index is -0.581. The zero-order valence-electron chi connectivity index (χ0n) is 13.3. The molecule has 1 aliphatic rings. The van der Waals surface area contributed by atoms with Crippen molar-refractivity contribution in [3.05, 3.63) is 0 Å². The highest BCUT2D eigenvalue weighted by Crippen LogP contribution is 2.37. The van der Waals surface area contributed by atoms with E-state index in [0.29, 0.717) is 5.17 Å². The Kier molecular flexibility index (Phi) is 5.91. The van der Waals surface area contributed by atoms with Gasteiger partial charge in [-0.1, -0.05) is 43.3 Å². The van der Waals surface area contributed by atoms with Crippen molar-refractivity contribution >= 4 is 50.7 Å². The first-order valence-corrected chi connectivity index (χ1v) is 9.22. The first-order valence-electron chi connectivity index (χ1n) is 6.30. The van der Waals surface area contributed by atoms with Gasteiger partial charge in [0.05, 0.1) is 4.75 Å². The van der Waals surface area contributed by atoms with E-state index >= 15 is 0 Å². The molecule has 0 aromatic carbocycles. The lowest BCUT2D eigenvalue weighted by molar-refractivity contribution is -0.127. The molecule has 120 valence electrons. The van der Waals surface area contributed by atoms with Gasteiger partial charge in [-0.3, -0.25) is 14.5 Å². The fourth-order valence-corrected chi connectivity index (χ4v) is 3.84. The van der Waals surface area contributed by atoms with Crippen molar-refractivity contribution in [2.75, 3.05) is 14.1 Å². The molecule has 0 aromatic heterocycles. The van der Waals surface area contributed by atoms with E-state index < -0.39 is 10.8 Å². The summed E-state index contributed by atoms with van der Waals surface area (Å²) in [6.07, 6.45) is -0.574. The number of rotatable bonds is 3. The summed E-state index contributed by atoms with van der Waals surface area (Å²) in [4.78, 5) is 30.0. The minimum Gasteiger partial charge on any atom is -0.295 e. The van der Waals surface area contributed by atoms with Gasteiger partial charge in [-0.2, -0.15) is 0 Å². The number of amides is 2. The molecule has 0 bridgehead atoms. The van der Waals surface area contributed by atoms with Crippen molar-refractivity contribution in [3.8, 4) is 0 Å². The summed E-state index contributed by atoms with van der Waals surface area (Å²) in [5.41, 5.74) is 0. The molecule has 1 heterocycles. The van der Waals surface area contributed by atoms with Crippen molar-refractivity contribution in [1.29, 1.82) is 0 Å². The molecule has 0 aromatic rings. The van der Waals surface area contributed by atoms with Gasteiger partial charge in [0.25, 0.3) is 0 Å². The van der Waals surface area contributed by atoms with Crippen LogP contribution in [-0.2, 0) is 9.63 Å². The van der Waals surface area contributed by atoms with Gasteiger partial charge in [-0.05, 0) is 19.0 Å². The minimum absolute atomic E-state index is 0.0308. The molecule has 0 spiro atoms. The maximum atomic E-state index is 11.9. The summed E-state index contributed by atoms with van der Waals surface area (Å²) in [6.45, 7) is 9.79. The largest absolute Gasteiger partial charge is 0.446 e. The van der Waals surface area contributed by atoms with Crippen molar-refractivity contribution in [1.82, 2.24) is 9.21 Å². The molecule has 0 N–H and O–H groups in total. The number of nitrogens with zero attached hydrogens (tertiary/aromatic N) is 3.